The molecule has 1 aromatic rings. The molecule has 0 atom stereocenters. The highest BCUT2D eigenvalue weighted by Crippen LogP contribution is 2.28. The summed E-state index contributed by atoms with van der Waals surface area (Å²) in [6, 6.07) is 2.75. The summed E-state index contributed by atoms with van der Waals surface area (Å²) in [5, 5.41) is 8.54. The van der Waals surface area contributed by atoms with Gasteiger partial charge in [-0.2, -0.15) is 0 Å². The van der Waals surface area contributed by atoms with Gasteiger partial charge in [0, 0.05) is 4.47 Å². The maximum absolute atomic E-state index is 12.9. The number of carbonyl (C=O) groups is 1. The molecule has 0 unspecified atom stereocenters. The Balaban J connectivity index is 3.17. The van der Waals surface area contributed by atoms with Crippen LogP contribution in [0.15, 0.2) is 21.1 Å². The number of benzene rings is 1. The molecule has 1 aromatic carbocycles. The Morgan fingerprint density at radius 1 is 1.46 bits per heavy atom. The molecule has 0 radical (unpaired) electrons. The molecule has 0 aliphatic rings. The van der Waals surface area contributed by atoms with E-state index in [1.165, 1.54) is 12.1 Å². The van der Waals surface area contributed by atoms with Crippen molar-refractivity contribution < 1.29 is 14.3 Å². The van der Waals surface area contributed by atoms with Gasteiger partial charge in [0.05, 0.1) is 10.9 Å². The fourth-order valence-electron chi connectivity index (χ4n) is 0.882. The van der Waals surface area contributed by atoms with Crippen molar-refractivity contribution in [2.45, 2.75) is 6.42 Å². The minimum absolute atomic E-state index is 0.198. The van der Waals surface area contributed by atoms with Gasteiger partial charge in [-0.3, -0.25) is 4.79 Å². The summed E-state index contributed by atoms with van der Waals surface area (Å²) >= 11 is 6.14. The van der Waals surface area contributed by atoms with Gasteiger partial charge >= 0.3 is 5.97 Å². The van der Waals surface area contributed by atoms with Crippen molar-refractivity contribution in [3.63, 3.8) is 0 Å². The molecule has 0 aromatic heterocycles. The highest BCUT2D eigenvalue weighted by Gasteiger charge is 2.12. The Kier molecular flexibility index (Phi) is 3.44. The van der Waals surface area contributed by atoms with Crippen molar-refractivity contribution in [2.24, 2.45) is 0 Å². The summed E-state index contributed by atoms with van der Waals surface area (Å²) in [7, 11) is 0. The third-order valence-electron chi connectivity index (χ3n) is 1.47. The zero-order chi connectivity index (χ0) is 10.0. The molecule has 0 fully saturated rings. The van der Waals surface area contributed by atoms with Crippen molar-refractivity contribution >= 4 is 37.8 Å². The molecule has 0 spiro atoms. The van der Waals surface area contributed by atoms with Gasteiger partial charge in [0.15, 0.2) is 0 Å². The molecular weight excluding hydrogens is 307 g/mol. The highest BCUT2D eigenvalue weighted by atomic mass is 79.9. The second-order valence-corrected chi connectivity index (χ2v) is 4.04. The smallest absolute Gasteiger partial charge is 0.307 e. The van der Waals surface area contributed by atoms with Gasteiger partial charge in [0.2, 0.25) is 0 Å². The Morgan fingerprint density at radius 3 is 2.62 bits per heavy atom. The molecule has 1 N–H and O–H groups in total. The first-order valence-electron chi connectivity index (χ1n) is 3.36. The fraction of sp³-hybridized carbons (Fsp3) is 0.125. The largest absolute Gasteiger partial charge is 0.481 e. The maximum Gasteiger partial charge on any atom is 0.307 e. The lowest BCUT2D eigenvalue weighted by Crippen LogP contribution is -2.02. The van der Waals surface area contributed by atoms with E-state index >= 15 is 0 Å². The quantitative estimate of drug-likeness (QED) is 0.853. The second-order valence-electron chi connectivity index (χ2n) is 2.39. The molecule has 13 heavy (non-hydrogen) atoms. The van der Waals surface area contributed by atoms with E-state index in [4.69, 9.17) is 5.11 Å². The van der Waals surface area contributed by atoms with E-state index in [2.05, 4.69) is 31.9 Å². The first-order valence-corrected chi connectivity index (χ1v) is 4.95. The molecule has 0 bridgehead atoms. The molecular formula is C8H5Br2FO2. The predicted octanol–water partition coefficient (Wildman–Crippen LogP) is 2.98. The van der Waals surface area contributed by atoms with E-state index in [-0.39, 0.29) is 10.9 Å². The number of carboxylic acid groups (broad SMARTS) is 1. The SMILES string of the molecule is O=C(O)Cc1c(Br)ccc(F)c1Br. The van der Waals surface area contributed by atoms with Crippen molar-refractivity contribution in [1.29, 1.82) is 0 Å². The first kappa shape index (κ1) is 10.7. The molecule has 0 aliphatic carbocycles. The Morgan fingerprint density at radius 2 is 2.08 bits per heavy atom. The summed E-state index contributed by atoms with van der Waals surface area (Å²) in [4.78, 5) is 10.4. The lowest BCUT2D eigenvalue weighted by molar-refractivity contribution is -0.136. The number of aliphatic carboxylic acids is 1. The summed E-state index contributed by atoms with van der Waals surface area (Å²) < 4.78 is 13.7. The zero-order valence-corrected chi connectivity index (χ0v) is 9.52. The van der Waals surface area contributed by atoms with Crippen LogP contribution in [0.25, 0.3) is 0 Å². The van der Waals surface area contributed by atoms with E-state index in [1.54, 1.807) is 0 Å². The summed E-state index contributed by atoms with van der Waals surface area (Å²) in [5.74, 6) is -1.45. The number of halogens is 3. The third-order valence-corrected chi connectivity index (χ3v) is 3.07. The molecule has 0 heterocycles. The van der Waals surface area contributed by atoms with Crippen LogP contribution in [0.2, 0.25) is 0 Å². The molecule has 2 nitrogen and oxygen atoms in total. The van der Waals surface area contributed by atoms with Crippen LogP contribution >= 0.6 is 31.9 Å². The number of rotatable bonds is 2. The van der Waals surface area contributed by atoms with Crippen molar-refractivity contribution in [3.8, 4) is 0 Å². The van der Waals surface area contributed by atoms with Crippen molar-refractivity contribution in [3.05, 3.63) is 32.5 Å². The molecule has 0 amide bonds. The van der Waals surface area contributed by atoms with E-state index < -0.39 is 11.8 Å². The van der Waals surface area contributed by atoms with Crippen LogP contribution in [0.3, 0.4) is 0 Å². The van der Waals surface area contributed by atoms with Crippen LogP contribution in [0.5, 0.6) is 0 Å². The minimum atomic E-state index is -0.994. The number of hydrogen-bond acceptors (Lipinski definition) is 1. The van der Waals surface area contributed by atoms with Crippen molar-refractivity contribution in [1.82, 2.24) is 0 Å². The van der Waals surface area contributed by atoms with E-state index in [0.717, 1.165) is 0 Å². The van der Waals surface area contributed by atoms with Crippen LogP contribution in [0, 0.1) is 5.82 Å². The molecule has 1 rings (SSSR count). The van der Waals surface area contributed by atoms with E-state index in [1.807, 2.05) is 0 Å². The fourth-order valence-corrected chi connectivity index (χ4v) is 2.10. The van der Waals surface area contributed by atoms with Gasteiger partial charge in [0.25, 0.3) is 0 Å². The first-order chi connectivity index (χ1) is 6.02. The molecule has 0 saturated carbocycles. The second kappa shape index (κ2) is 4.19. The third kappa shape index (κ3) is 2.51. The standard InChI is InChI=1S/C8H5Br2FO2/c9-5-1-2-6(11)8(10)4(5)3-7(12)13/h1-2H,3H2,(H,12,13). The van der Waals surface area contributed by atoms with Crippen LogP contribution in [0.4, 0.5) is 4.39 Å². The van der Waals surface area contributed by atoms with Gasteiger partial charge in [-0.1, -0.05) is 15.9 Å². The monoisotopic (exact) mass is 310 g/mol. The Bertz CT molecular complexity index is 352. The van der Waals surface area contributed by atoms with Crippen LogP contribution < -0.4 is 0 Å². The van der Waals surface area contributed by atoms with E-state index in [0.29, 0.717) is 10.0 Å². The lowest BCUT2D eigenvalue weighted by Gasteiger charge is -2.04. The topological polar surface area (TPSA) is 37.3 Å². The summed E-state index contributed by atoms with van der Waals surface area (Å²) in [5.41, 5.74) is 0.410. The minimum Gasteiger partial charge on any atom is -0.481 e. The van der Waals surface area contributed by atoms with Crippen LogP contribution in [-0.4, -0.2) is 11.1 Å². The maximum atomic E-state index is 12.9. The van der Waals surface area contributed by atoms with Gasteiger partial charge in [-0.15, -0.1) is 0 Å². The average Bonchev–Trinajstić information content (AvgIpc) is 2.05. The van der Waals surface area contributed by atoms with Crippen molar-refractivity contribution in [2.75, 3.05) is 0 Å². The number of hydrogen-bond donors (Lipinski definition) is 1. The van der Waals surface area contributed by atoms with Gasteiger partial charge < -0.3 is 5.11 Å². The molecule has 0 aliphatic heterocycles. The zero-order valence-electron chi connectivity index (χ0n) is 6.35. The summed E-state index contributed by atoms with van der Waals surface area (Å²) in [6.45, 7) is 0. The van der Waals surface area contributed by atoms with Gasteiger partial charge in [-0.05, 0) is 33.6 Å². The summed E-state index contributed by atoms with van der Waals surface area (Å²) in [6.07, 6.45) is -0.209. The van der Waals surface area contributed by atoms with Crippen LogP contribution in [0.1, 0.15) is 5.56 Å². The predicted molar refractivity (Wildman–Crippen MR) is 53.1 cm³/mol. The van der Waals surface area contributed by atoms with Gasteiger partial charge in [-0.25, -0.2) is 4.39 Å². The average molecular weight is 312 g/mol. The normalized spacial score (nSPS) is 10.1. The number of carboxylic acids is 1. The van der Waals surface area contributed by atoms with Crippen LogP contribution in [-0.2, 0) is 11.2 Å². The Hall–Kier alpha value is -0.420. The lowest BCUT2D eigenvalue weighted by atomic mass is 10.1. The highest BCUT2D eigenvalue weighted by molar-refractivity contribution is 9.11. The molecule has 5 heteroatoms. The molecule has 0 saturated heterocycles. The van der Waals surface area contributed by atoms with Gasteiger partial charge in [0.1, 0.15) is 5.82 Å². The Labute approximate surface area is 91.0 Å². The van der Waals surface area contributed by atoms with E-state index in [9.17, 15) is 9.18 Å². The molecule has 70 valence electrons.